The molecule has 1 rings (SSSR count). The molecule has 1 heterocycles. The van der Waals surface area contributed by atoms with Crippen LogP contribution in [0.25, 0.3) is 0 Å². The minimum absolute atomic E-state index is 0.135. The third kappa shape index (κ3) is 3.42. The Morgan fingerprint density at radius 3 is 2.62 bits per heavy atom. The number of carbonyl (C=O) groups is 1. The van der Waals surface area contributed by atoms with Crippen LogP contribution >= 0.6 is 0 Å². The lowest BCUT2D eigenvalue weighted by molar-refractivity contribution is 0.100. The Kier molecular flexibility index (Phi) is 3.37. The van der Waals surface area contributed by atoms with Gasteiger partial charge in [-0.3, -0.25) is 4.79 Å². The first-order valence-corrected chi connectivity index (χ1v) is 5.09. The van der Waals surface area contributed by atoms with E-state index in [1.165, 1.54) is 6.20 Å². The monoisotopic (exact) mass is 222 g/mol. The zero-order valence-corrected chi connectivity index (χ0v) is 9.87. The van der Waals surface area contributed by atoms with Crippen molar-refractivity contribution < 1.29 is 4.79 Å². The van der Waals surface area contributed by atoms with Crippen molar-refractivity contribution in [2.24, 2.45) is 11.1 Å². The fourth-order valence-electron chi connectivity index (χ4n) is 1.13. The van der Waals surface area contributed by atoms with Crippen molar-refractivity contribution in [3.63, 3.8) is 0 Å². The van der Waals surface area contributed by atoms with Crippen LogP contribution in [0.2, 0.25) is 0 Å². The molecular formula is C11H18N4O. The molecule has 1 aromatic heterocycles. The second-order valence-corrected chi connectivity index (χ2v) is 4.94. The average Bonchev–Trinajstić information content (AvgIpc) is 2.14. The van der Waals surface area contributed by atoms with Crippen LogP contribution in [-0.4, -0.2) is 17.4 Å². The first-order chi connectivity index (χ1) is 7.29. The van der Waals surface area contributed by atoms with Gasteiger partial charge in [-0.2, -0.15) is 0 Å². The van der Waals surface area contributed by atoms with Crippen molar-refractivity contribution in [3.05, 3.63) is 17.8 Å². The van der Waals surface area contributed by atoms with Gasteiger partial charge < -0.3 is 16.8 Å². The minimum atomic E-state index is -0.543. The topological polar surface area (TPSA) is 94.0 Å². The Balaban J connectivity index is 2.83. The number of anilines is 2. The molecular weight excluding hydrogens is 204 g/mol. The summed E-state index contributed by atoms with van der Waals surface area (Å²) in [4.78, 5) is 15.1. The van der Waals surface area contributed by atoms with Crippen molar-refractivity contribution >= 4 is 17.4 Å². The molecule has 88 valence electrons. The van der Waals surface area contributed by atoms with Crippen LogP contribution in [0, 0.1) is 5.41 Å². The maximum Gasteiger partial charge on any atom is 0.250 e. The van der Waals surface area contributed by atoms with Crippen molar-refractivity contribution in [2.45, 2.75) is 20.8 Å². The SMILES string of the molecule is CC(C)(C)CNc1cc(C(N)=O)c(N)cn1. The predicted molar refractivity (Wildman–Crippen MR) is 65.1 cm³/mol. The van der Waals surface area contributed by atoms with Gasteiger partial charge in [-0.1, -0.05) is 20.8 Å². The molecule has 5 heteroatoms. The van der Waals surface area contributed by atoms with Gasteiger partial charge in [0.05, 0.1) is 17.4 Å². The zero-order valence-electron chi connectivity index (χ0n) is 9.87. The minimum Gasteiger partial charge on any atom is -0.397 e. The number of nitrogens with two attached hydrogens (primary N) is 2. The number of hydrogen-bond acceptors (Lipinski definition) is 4. The molecule has 5 N–H and O–H groups in total. The van der Waals surface area contributed by atoms with Gasteiger partial charge in [0.25, 0.3) is 5.91 Å². The molecule has 0 aliphatic heterocycles. The van der Waals surface area contributed by atoms with E-state index in [9.17, 15) is 4.79 Å². The van der Waals surface area contributed by atoms with Crippen LogP contribution < -0.4 is 16.8 Å². The maximum atomic E-state index is 11.1. The number of amides is 1. The summed E-state index contributed by atoms with van der Waals surface area (Å²) in [6.45, 7) is 7.06. The highest BCUT2D eigenvalue weighted by atomic mass is 16.1. The fourth-order valence-corrected chi connectivity index (χ4v) is 1.13. The molecule has 0 fully saturated rings. The van der Waals surface area contributed by atoms with E-state index in [0.717, 1.165) is 6.54 Å². The van der Waals surface area contributed by atoms with E-state index in [-0.39, 0.29) is 5.41 Å². The molecule has 16 heavy (non-hydrogen) atoms. The quantitative estimate of drug-likeness (QED) is 0.716. The van der Waals surface area contributed by atoms with Crippen molar-refractivity contribution in [3.8, 4) is 0 Å². The van der Waals surface area contributed by atoms with E-state index in [1.807, 2.05) is 0 Å². The standard InChI is InChI=1S/C11H18N4O/c1-11(2,3)6-15-9-4-7(10(13)16)8(12)5-14-9/h4-5H,6,12H2,1-3H3,(H2,13,16)(H,14,15). The van der Waals surface area contributed by atoms with Crippen LogP contribution in [0.3, 0.4) is 0 Å². The van der Waals surface area contributed by atoms with E-state index in [0.29, 0.717) is 17.1 Å². The van der Waals surface area contributed by atoms with E-state index in [4.69, 9.17) is 11.5 Å². The van der Waals surface area contributed by atoms with Gasteiger partial charge in [0.1, 0.15) is 5.82 Å². The summed E-state index contributed by atoms with van der Waals surface area (Å²) in [6.07, 6.45) is 1.44. The Bertz CT molecular complexity index is 395. The Morgan fingerprint density at radius 1 is 1.50 bits per heavy atom. The van der Waals surface area contributed by atoms with Gasteiger partial charge in [0, 0.05) is 6.54 Å². The molecule has 0 bridgehead atoms. The first kappa shape index (κ1) is 12.3. The number of nitrogen functional groups attached to an aromatic ring is 1. The van der Waals surface area contributed by atoms with E-state index in [1.54, 1.807) is 6.07 Å². The van der Waals surface area contributed by atoms with Crippen LogP contribution in [0.1, 0.15) is 31.1 Å². The van der Waals surface area contributed by atoms with Crippen LogP contribution in [0.4, 0.5) is 11.5 Å². The number of pyridine rings is 1. The van der Waals surface area contributed by atoms with Gasteiger partial charge in [-0.15, -0.1) is 0 Å². The zero-order chi connectivity index (χ0) is 12.3. The summed E-state index contributed by atoms with van der Waals surface area (Å²) < 4.78 is 0. The molecule has 1 amide bonds. The van der Waals surface area contributed by atoms with Crippen molar-refractivity contribution in [1.82, 2.24) is 4.98 Å². The average molecular weight is 222 g/mol. The highest BCUT2D eigenvalue weighted by Gasteiger charge is 2.12. The summed E-state index contributed by atoms with van der Waals surface area (Å²) in [5.41, 5.74) is 11.5. The number of hydrogen-bond donors (Lipinski definition) is 3. The van der Waals surface area contributed by atoms with Gasteiger partial charge in [0.2, 0.25) is 0 Å². The van der Waals surface area contributed by atoms with Gasteiger partial charge in [0.15, 0.2) is 0 Å². The Labute approximate surface area is 95.2 Å². The predicted octanol–water partition coefficient (Wildman–Crippen LogP) is 1.22. The first-order valence-electron chi connectivity index (χ1n) is 5.09. The van der Waals surface area contributed by atoms with Crippen molar-refractivity contribution in [1.29, 1.82) is 0 Å². The van der Waals surface area contributed by atoms with Crippen molar-refractivity contribution in [2.75, 3.05) is 17.6 Å². The van der Waals surface area contributed by atoms with Gasteiger partial charge >= 0.3 is 0 Å². The smallest absolute Gasteiger partial charge is 0.250 e. The summed E-state index contributed by atoms with van der Waals surface area (Å²) in [5.74, 6) is 0.0663. The largest absolute Gasteiger partial charge is 0.397 e. The Morgan fingerprint density at radius 2 is 2.12 bits per heavy atom. The molecule has 0 atom stereocenters. The highest BCUT2D eigenvalue weighted by molar-refractivity contribution is 5.98. The molecule has 0 unspecified atom stereocenters. The van der Waals surface area contributed by atoms with E-state index < -0.39 is 5.91 Å². The summed E-state index contributed by atoms with van der Waals surface area (Å²) in [5, 5.41) is 3.13. The fraction of sp³-hybridized carbons (Fsp3) is 0.455. The molecule has 0 aliphatic rings. The normalized spacial score (nSPS) is 11.2. The lowest BCUT2D eigenvalue weighted by atomic mass is 9.97. The number of nitrogens with one attached hydrogen (secondary N) is 1. The third-order valence-electron chi connectivity index (χ3n) is 2.00. The number of carbonyl (C=O) groups excluding carboxylic acids is 1. The van der Waals surface area contributed by atoms with Crippen LogP contribution in [0.15, 0.2) is 12.3 Å². The maximum absolute atomic E-state index is 11.1. The van der Waals surface area contributed by atoms with Crippen LogP contribution in [0.5, 0.6) is 0 Å². The number of nitrogens with zero attached hydrogens (tertiary/aromatic N) is 1. The number of primary amides is 1. The molecule has 0 saturated heterocycles. The summed E-state index contributed by atoms with van der Waals surface area (Å²) >= 11 is 0. The van der Waals surface area contributed by atoms with Crippen LogP contribution in [-0.2, 0) is 0 Å². The molecule has 1 aromatic rings. The Hall–Kier alpha value is -1.78. The lowest BCUT2D eigenvalue weighted by Crippen LogP contribution is -2.20. The second kappa shape index (κ2) is 4.38. The van der Waals surface area contributed by atoms with Gasteiger partial charge in [-0.05, 0) is 11.5 Å². The lowest BCUT2D eigenvalue weighted by Gasteiger charge is -2.19. The van der Waals surface area contributed by atoms with E-state index in [2.05, 4.69) is 31.1 Å². The summed E-state index contributed by atoms with van der Waals surface area (Å²) in [7, 11) is 0. The summed E-state index contributed by atoms with van der Waals surface area (Å²) in [6, 6.07) is 1.57. The second-order valence-electron chi connectivity index (χ2n) is 4.94. The molecule has 0 saturated carbocycles. The third-order valence-corrected chi connectivity index (χ3v) is 2.00. The molecule has 5 nitrogen and oxygen atoms in total. The molecule has 0 aliphatic carbocycles. The van der Waals surface area contributed by atoms with Gasteiger partial charge in [-0.25, -0.2) is 4.98 Å². The molecule has 0 radical (unpaired) electrons. The van der Waals surface area contributed by atoms with E-state index >= 15 is 0 Å². The molecule has 0 spiro atoms. The highest BCUT2D eigenvalue weighted by Crippen LogP contribution is 2.17. The number of rotatable bonds is 3. The molecule has 0 aromatic carbocycles. The number of aromatic nitrogens is 1.